The molecule has 5 heteroatoms. The van der Waals surface area contributed by atoms with E-state index in [1.807, 2.05) is 12.1 Å². The van der Waals surface area contributed by atoms with Crippen molar-refractivity contribution in [3.8, 4) is 0 Å². The molecule has 1 aromatic rings. The quantitative estimate of drug-likeness (QED) is 0.901. The Kier molecular flexibility index (Phi) is 6.10. The fourth-order valence-electron chi connectivity index (χ4n) is 3.41. The van der Waals surface area contributed by atoms with E-state index in [2.05, 4.69) is 34.3 Å². The highest BCUT2D eigenvalue weighted by Gasteiger charge is 2.16. The van der Waals surface area contributed by atoms with Crippen LogP contribution in [-0.4, -0.2) is 57.2 Å². The predicted octanol–water partition coefficient (Wildman–Crippen LogP) is 2.58. The van der Waals surface area contributed by atoms with E-state index >= 15 is 0 Å². The van der Waals surface area contributed by atoms with Crippen molar-refractivity contribution in [2.75, 3.05) is 56.7 Å². The Hall–Kier alpha value is -1.59. The molecule has 3 rings (SSSR count). The Labute approximate surface area is 145 Å². The van der Waals surface area contributed by atoms with Gasteiger partial charge in [-0.2, -0.15) is 0 Å². The molecule has 24 heavy (non-hydrogen) atoms. The van der Waals surface area contributed by atoms with Crippen LogP contribution in [-0.2, 0) is 9.53 Å². The molecule has 1 amide bonds. The van der Waals surface area contributed by atoms with Crippen LogP contribution in [0.2, 0.25) is 0 Å². The van der Waals surface area contributed by atoms with E-state index in [0.29, 0.717) is 12.3 Å². The third kappa shape index (κ3) is 4.95. The molecule has 5 nitrogen and oxygen atoms in total. The summed E-state index contributed by atoms with van der Waals surface area (Å²) in [7, 11) is 2.16. The van der Waals surface area contributed by atoms with Crippen molar-refractivity contribution in [1.29, 1.82) is 0 Å². The number of piperazine rings is 1. The summed E-state index contributed by atoms with van der Waals surface area (Å²) >= 11 is 0. The maximum atomic E-state index is 12.1. The maximum Gasteiger partial charge on any atom is 0.224 e. The van der Waals surface area contributed by atoms with Gasteiger partial charge in [-0.25, -0.2) is 0 Å². The second kappa shape index (κ2) is 8.49. The largest absolute Gasteiger partial charge is 0.381 e. The average molecular weight is 331 g/mol. The van der Waals surface area contributed by atoms with Gasteiger partial charge >= 0.3 is 0 Å². The van der Waals surface area contributed by atoms with Gasteiger partial charge in [0.15, 0.2) is 0 Å². The SMILES string of the molecule is CN1CCN(c2ccc(NC(=O)CCC3CCOCC3)cc2)CC1. The van der Waals surface area contributed by atoms with Gasteiger partial charge in [0.05, 0.1) is 0 Å². The lowest BCUT2D eigenvalue weighted by Crippen LogP contribution is -2.44. The lowest BCUT2D eigenvalue weighted by Gasteiger charge is -2.34. The lowest BCUT2D eigenvalue weighted by molar-refractivity contribution is -0.116. The van der Waals surface area contributed by atoms with Gasteiger partial charge in [-0.05, 0) is 56.5 Å². The van der Waals surface area contributed by atoms with Crippen molar-refractivity contribution >= 4 is 17.3 Å². The molecule has 2 aliphatic heterocycles. The van der Waals surface area contributed by atoms with Gasteiger partial charge in [0.2, 0.25) is 5.91 Å². The van der Waals surface area contributed by atoms with Crippen molar-refractivity contribution < 1.29 is 9.53 Å². The standard InChI is InChI=1S/C19H29N3O2/c1-21-10-12-22(13-11-21)18-5-3-17(4-6-18)20-19(23)7-2-16-8-14-24-15-9-16/h3-6,16H,2,7-15H2,1H3,(H,20,23). The van der Waals surface area contributed by atoms with E-state index < -0.39 is 0 Å². The Morgan fingerprint density at radius 1 is 1.12 bits per heavy atom. The number of benzene rings is 1. The molecule has 0 aliphatic carbocycles. The summed E-state index contributed by atoms with van der Waals surface area (Å²) in [5.41, 5.74) is 2.13. The van der Waals surface area contributed by atoms with Crippen LogP contribution in [0.3, 0.4) is 0 Å². The molecule has 0 saturated carbocycles. The summed E-state index contributed by atoms with van der Waals surface area (Å²) in [6.45, 7) is 6.02. The first kappa shape index (κ1) is 17.2. The van der Waals surface area contributed by atoms with Crippen LogP contribution in [0, 0.1) is 5.92 Å². The normalized spacial score (nSPS) is 20.1. The molecule has 2 heterocycles. The summed E-state index contributed by atoms with van der Waals surface area (Å²) in [5, 5.41) is 3.02. The average Bonchev–Trinajstić information content (AvgIpc) is 2.62. The number of carbonyl (C=O) groups excluding carboxylic acids is 1. The van der Waals surface area contributed by atoms with Gasteiger partial charge < -0.3 is 19.9 Å². The highest BCUT2D eigenvalue weighted by Crippen LogP contribution is 2.22. The van der Waals surface area contributed by atoms with Gasteiger partial charge in [0, 0.05) is 57.2 Å². The fourth-order valence-corrected chi connectivity index (χ4v) is 3.41. The van der Waals surface area contributed by atoms with Crippen molar-refractivity contribution in [3.05, 3.63) is 24.3 Å². The Morgan fingerprint density at radius 3 is 2.46 bits per heavy atom. The molecule has 0 bridgehead atoms. The van der Waals surface area contributed by atoms with Crippen molar-refractivity contribution in [2.45, 2.75) is 25.7 Å². The zero-order valence-corrected chi connectivity index (χ0v) is 14.7. The first-order valence-corrected chi connectivity index (χ1v) is 9.12. The van der Waals surface area contributed by atoms with E-state index in [9.17, 15) is 4.79 Å². The predicted molar refractivity (Wildman–Crippen MR) is 97.6 cm³/mol. The molecular weight excluding hydrogens is 302 g/mol. The van der Waals surface area contributed by atoms with Crippen LogP contribution in [0.4, 0.5) is 11.4 Å². The van der Waals surface area contributed by atoms with Crippen molar-refractivity contribution in [2.24, 2.45) is 5.92 Å². The first-order chi connectivity index (χ1) is 11.7. The summed E-state index contributed by atoms with van der Waals surface area (Å²) in [6.07, 6.45) is 3.75. The molecular formula is C19H29N3O2. The number of ether oxygens (including phenoxy) is 1. The number of rotatable bonds is 5. The molecule has 0 spiro atoms. The Morgan fingerprint density at radius 2 is 1.79 bits per heavy atom. The Balaban J connectivity index is 1.44. The molecule has 132 valence electrons. The van der Waals surface area contributed by atoms with Gasteiger partial charge in [0.25, 0.3) is 0 Å². The second-order valence-electron chi connectivity index (χ2n) is 6.98. The maximum absolute atomic E-state index is 12.1. The first-order valence-electron chi connectivity index (χ1n) is 9.12. The highest BCUT2D eigenvalue weighted by atomic mass is 16.5. The van der Waals surface area contributed by atoms with E-state index in [1.165, 1.54) is 5.69 Å². The smallest absolute Gasteiger partial charge is 0.224 e. The van der Waals surface area contributed by atoms with E-state index in [1.54, 1.807) is 0 Å². The van der Waals surface area contributed by atoms with Gasteiger partial charge in [-0.15, -0.1) is 0 Å². The number of nitrogens with one attached hydrogen (secondary N) is 1. The van der Waals surface area contributed by atoms with E-state index in [4.69, 9.17) is 4.74 Å². The molecule has 1 N–H and O–H groups in total. The molecule has 0 atom stereocenters. The monoisotopic (exact) mass is 331 g/mol. The minimum Gasteiger partial charge on any atom is -0.381 e. The minimum atomic E-state index is 0.119. The highest BCUT2D eigenvalue weighted by molar-refractivity contribution is 5.90. The number of anilines is 2. The molecule has 0 unspecified atom stereocenters. The number of hydrogen-bond donors (Lipinski definition) is 1. The number of likely N-dealkylation sites (N-methyl/N-ethyl adjacent to an activating group) is 1. The number of nitrogens with zero attached hydrogens (tertiary/aromatic N) is 2. The number of amides is 1. The summed E-state index contributed by atoms with van der Waals surface area (Å²) in [4.78, 5) is 16.9. The summed E-state index contributed by atoms with van der Waals surface area (Å²) < 4.78 is 5.36. The van der Waals surface area contributed by atoms with Crippen LogP contribution >= 0.6 is 0 Å². The van der Waals surface area contributed by atoms with E-state index in [0.717, 1.165) is 64.3 Å². The third-order valence-corrected chi connectivity index (χ3v) is 5.14. The molecule has 2 aliphatic rings. The number of hydrogen-bond acceptors (Lipinski definition) is 4. The van der Waals surface area contributed by atoms with E-state index in [-0.39, 0.29) is 5.91 Å². The van der Waals surface area contributed by atoms with Gasteiger partial charge in [-0.3, -0.25) is 4.79 Å². The van der Waals surface area contributed by atoms with Crippen LogP contribution in [0.5, 0.6) is 0 Å². The number of carbonyl (C=O) groups is 1. The van der Waals surface area contributed by atoms with Gasteiger partial charge in [0.1, 0.15) is 0 Å². The lowest BCUT2D eigenvalue weighted by atomic mass is 9.95. The molecule has 0 aromatic heterocycles. The zero-order chi connectivity index (χ0) is 16.8. The molecule has 2 saturated heterocycles. The molecule has 1 aromatic carbocycles. The van der Waals surface area contributed by atoms with Crippen LogP contribution in [0.25, 0.3) is 0 Å². The molecule has 2 fully saturated rings. The summed E-state index contributed by atoms with van der Waals surface area (Å²) in [5.74, 6) is 0.762. The Bertz CT molecular complexity index is 518. The molecule has 0 radical (unpaired) electrons. The van der Waals surface area contributed by atoms with Crippen LogP contribution < -0.4 is 10.2 Å². The third-order valence-electron chi connectivity index (χ3n) is 5.14. The van der Waals surface area contributed by atoms with Crippen molar-refractivity contribution in [1.82, 2.24) is 4.90 Å². The summed E-state index contributed by atoms with van der Waals surface area (Å²) in [6, 6.07) is 8.25. The minimum absolute atomic E-state index is 0.119. The van der Waals surface area contributed by atoms with Crippen LogP contribution in [0.1, 0.15) is 25.7 Å². The fraction of sp³-hybridized carbons (Fsp3) is 0.632. The topological polar surface area (TPSA) is 44.8 Å². The zero-order valence-electron chi connectivity index (χ0n) is 14.7. The van der Waals surface area contributed by atoms with Gasteiger partial charge in [-0.1, -0.05) is 0 Å². The van der Waals surface area contributed by atoms with Crippen LogP contribution in [0.15, 0.2) is 24.3 Å². The van der Waals surface area contributed by atoms with Crippen molar-refractivity contribution in [3.63, 3.8) is 0 Å². The second-order valence-corrected chi connectivity index (χ2v) is 6.98.